The predicted molar refractivity (Wildman–Crippen MR) is 63.5 cm³/mol. The summed E-state index contributed by atoms with van der Waals surface area (Å²) in [7, 11) is -3.99. The Morgan fingerprint density at radius 1 is 1.55 bits per heavy atom. The molecular formula is C9H11N5O5S. The van der Waals surface area contributed by atoms with Gasteiger partial charge in [0.2, 0.25) is 5.89 Å². The van der Waals surface area contributed by atoms with Gasteiger partial charge in [-0.3, -0.25) is 5.10 Å². The van der Waals surface area contributed by atoms with Gasteiger partial charge in [0.15, 0.2) is 10.9 Å². The van der Waals surface area contributed by atoms with Crippen molar-refractivity contribution in [3.8, 4) is 0 Å². The Morgan fingerprint density at radius 2 is 2.30 bits per heavy atom. The van der Waals surface area contributed by atoms with Crippen molar-refractivity contribution in [3.63, 3.8) is 0 Å². The van der Waals surface area contributed by atoms with Gasteiger partial charge < -0.3 is 9.63 Å². The number of aromatic carboxylic acids is 1. The van der Waals surface area contributed by atoms with Crippen molar-refractivity contribution < 1.29 is 22.8 Å². The van der Waals surface area contributed by atoms with E-state index >= 15 is 0 Å². The molecule has 0 saturated heterocycles. The van der Waals surface area contributed by atoms with Crippen molar-refractivity contribution >= 4 is 16.0 Å². The highest BCUT2D eigenvalue weighted by Gasteiger charge is 2.24. The summed E-state index contributed by atoms with van der Waals surface area (Å²) in [6.07, 6.45) is 1.12. The quantitative estimate of drug-likeness (QED) is 0.634. The molecule has 0 amide bonds. The highest BCUT2D eigenvalue weighted by Crippen LogP contribution is 2.11. The standard InChI is InChI=1S/C9H11N5O5S/c1-5-12-7(19-14-5)2-3-11-20(17,18)8-6(9(15)16)4-10-13-8/h4,11H,2-3H2,1H3,(H,10,13)(H,15,16). The minimum absolute atomic E-state index is 0.0119. The molecule has 0 atom stereocenters. The SMILES string of the molecule is Cc1noc(CCNS(=O)(=O)c2[nH]ncc2C(=O)O)n1. The largest absolute Gasteiger partial charge is 0.478 e. The highest BCUT2D eigenvalue weighted by atomic mass is 32.2. The molecule has 2 rings (SSSR count). The van der Waals surface area contributed by atoms with E-state index in [-0.39, 0.29) is 18.9 Å². The summed E-state index contributed by atoms with van der Waals surface area (Å²) in [5.74, 6) is -0.649. The molecule has 0 aliphatic carbocycles. The summed E-state index contributed by atoms with van der Waals surface area (Å²) in [4.78, 5) is 14.8. The molecule has 2 heterocycles. The molecule has 0 aliphatic rings. The van der Waals surface area contributed by atoms with Crippen LogP contribution in [-0.4, -0.2) is 46.4 Å². The second-order valence-corrected chi connectivity index (χ2v) is 5.50. The minimum Gasteiger partial charge on any atom is -0.478 e. The number of nitrogens with zero attached hydrogens (tertiary/aromatic N) is 3. The van der Waals surface area contributed by atoms with Gasteiger partial charge in [-0.15, -0.1) is 0 Å². The maximum atomic E-state index is 11.9. The van der Waals surface area contributed by atoms with Crippen LogP contribution in [0.1, 0.15) is 22.1 Å². The molecule has 10 nitrogen and oxygen atoms in total. The lowest BCUT2D eigenvalue weighted by molar-refractivity contribution is 0.0692. The third kappa shape index (κ3) is 3.00. The zero-order valence-electron chi connectivity index (χ0n) is 10.3. The normalized spacial score (nSPS) is 11.7. The van der Waals surface area contributed by atoms with Crippen molar-refractivity contribution in [3.05, 3.63) is 23.5 Å². The number of nitrogens with one attached hydrogen (secondary N) is 2. The van der Waals surface area contributed by atoms with E-state index in [2.05, 4.69) is 25.1 Å². The first-order valence-electron chi connectivity index (χ1n) is 5.45. The number of sulfonamides is 1. The fourth-order valence-corrected chi connectivity index (χ4v) is 2.56. The number of carbonyl (C=O) groups is 1. The van der Waals surface area contributed by atoms with Crippen molar-refractivity contribution in [1.82, 2.24) is 25.1 Å². The summed E-state index contributed by atoms with van der Waals surface area (Å²) >= 11 is 0. The van der Waals surface area contributed by atoms with Crippen LogP contribution in [-0.2, 0) is 16.4 Å². The van der Waals surface area contributed by atoms with E-state index in [0.717, 1.165) is 6.20 Å². The molecule has 0 bridgehead atoms. The van der Waals surface area contributed by atoms with Crippen LogP contribution in [0.2, 0.25) is 0 Å². The number of aromatic amines is 1. The number of aromatic nitrogens is 4. The number of hydrogen-bond donors (Lipinski definition) is 3. The summed E-state index contributed by atoms with van der Waals surface area (Å²) < 4.78 is 30.8. The molecule has 0 aliphatic heterocycles. The van der Waals surface area contributed by atoms with Gasteiger partial charge >= 0.3 is 5.97 Å². The predicted octanol–water partition coefficient (Wildman–Crippen LogP) is -0.680. The molecule has 2 aromatic heterocycles. The lowest BCUT2D eigenvalue weighted by Crippen LogP contribution is -2.27. The van der Waals surface area contributed by atoms with Crippen LogP contribution in [0.25, 0.3) is 0 Å². The Bertz CT molecular complexity index is 719. The number of aryl methyl sites for hydroxylation is 1. The van der Waals surface area contributed by atoms with Crippen LogP contribution in [0.15, 0.2) is 15.7 Å². The lowest BCUT2D eigenvalue weighted by atomic mass is 10.4. The average Bonchev–Trinajstić information content (AvgIpc) is 2.97. The van der Waals surface area contributed by atoms with E-state index in [4.69, 9.17) is 9.63 Å². The molecule has 0 radical (unpaired) electrons. The Hall–Kier alpha value is -2.27. The number of H-pyrrole nitrogens is 1. The maximum Gasteiger partial charge on any atom is 0.340 e. The third-order valence-corrected chi connectivity index (χ3v) is 3.74. The second kappa shape index (κ2) is 5.38. The number of carboxylic acid groups (broad SMARTS) is 1. The Morgan fingerprint density at radius 3 is 2.90 bits per heavy atom. The van der Waals surface area contributed by atoms with Gasteiger partial charge in [0.05, 0.1) is 6.20 Å². The summed E-state index contributed by atoms with van der Waals surface area (Å²) in [5.41, 5.74) is -0.425. The van der Waals surface area contributed by atoms with Crippen molar-refractivity contribution in [1.29, 1.82) is 0 Å². The fraction of sp³-hybridized carbons (Fsp3) is 0.333. The topological polar surface area (TPSA) is 151 Å². The molecule has 2 aromatic rings. The van der Waals surface area contributed by atoms with Crippen LogP contribution >= 0.6 is 0 Å². The van der Waals surface area contributed by atoms with E-state index in [9.17, 15) is 13.2 Å². The fourth-order valence-electron chi connectivity index (χ4n) is 1.44. The Balaban J connectivity index is 2.04. The second-order valence-electron chi connectivity index (χ2n) is 3.80. The van der Waals surface area contributed by atoms with Crippen molar-refractivity contribution in [2.75, 3.05) is 6.54 Å². The van der Waals surface area contributed by atoms with E-state index in [1.807, 2.05) is 0 Å². The van der Waals surface area contributed by atoms with Gasteiger partial charge in [-0.1, -0.05) is 5.16 Å². The molecule has 0 saturated carbocycles. The van der Waals surface area contributed by atoms with E-state index < -0.39 is 26.6 Å². The third-order valence-electron chi connectivity index (χ3n) is 2.30. The summed E-state index contributed by atoms with van der Waals surface area (Å²) in [5, 5.41) is 17.5. The van der Waals surface area contributed by atoms with Gasteiger partial charge in [0.1, 0.15) is 5.56 Å². The smallest absolute Gasteiger partial charge is 0.340 e. The van der Waals surface area contributed by atoms with Crippen molar-refractivity contribution in [2.24, 2.45) is 0 Å². The summed E-state index contributed by atoms with van der Waals surface area (Å²) in [6, 6.07) is 0. The zero-order chi connectivity index (χ0) is 14.8. The van der Waals surface area contributed by atoms with Gasteiger partial charge in [-0.2, -0.15) is 10.1 Å². The molecule has 0 unspecified atom stereocenters. The molecule has 11 heteroatoms. The number of rotatable bonds is 6. The Kier molecular flexibility index (Phi) is 3.81. The van der Waals surface area contributed by atoms with Crippen LogP contribution in [0, 0.1) is 6.92 Å². The lowest BCUT2D eigenvalue weighted by Gasteiger charge is -2.03. The van der Waals surface area contributed by atoms with Crippen LogP contribution in [0.5, 0.6) is 0 Å². The number of hydrogen-bond acceptors (Lipinski definition) is 7. The van der Waals surface area contributed by atoms with Crippen LogP contribution < -0.4 is 4.72 Å². The highest BCUT2D eigenvalue weighted by molar-refractivity contribution is 7.89. The van der Waals surface area contributed by atoms with Gasteiger partial charge in [0.25, 0.3) is 10.0 Å². The minimum atomic E-state index is -3.99. The molecule has 108 valence electrons. The van der Waals surface area contributed by atoms with E-state index in [0.29, 0.717) is 5.82 Å². The van der Waals surface area contributed by atoms with Crippen LogP contribution in [0.3, 0.4) is 0 Å². The Labute approximate surface area is 113 Å². The first-order chi connectivity index (χ1) is 9.40. The van der Waals surface area contributed by atoms with Crippen LogP contribution in [0.4, 0.5) is 0 Å². The van der Waals surface area contributed by atoms with E-state index in [1.165, 1.54) is 0 Å². The van der Waals surface area contributed by atoms with Gasteiger partial charge in [-0.05, 0) is 6.92 Å². The zero-order valence-corrected chi connectivity index (χ0v) is 11.1. The van der Waals surface area contributed by atoms with E-state index in [1.54, 1.807) is 6.92 Å². The first-order valence-corrected chi connectivity index (χ1v) is 6.94. The molecule has 20 heavy (non-hydrogen) atoms. The maximum absolute atomic E-state index is 11.9. The van der Waals surface area contributed by atoms with Crippen molar-refractivity contribution in [2.45, 2.75) is 18.4 Å². The first kappa shape index (κ1) is 14.1. The van der Waals surface area contributed by atoms with Gasteiger partial charge in [0, 0.05) is 13.0 Å². The molecule has 0 fully saturated rings. The molecular weight excluding hydrogens is 290 g/mol. The summed E-state index contributed by atoms with van der Waals surface area (Å²) in [6.45, 7) is 1.63. The molecule has 0 aromatic carbocycles. The monoisotopic (exact) mass is 301 g/mol. The number of carboxylic acids is 1. The average molecular weight is 301 g/mol. The van der Waals surface area contributed by atoms with Gasteiger partial charge in [-0.25, -0.2) is 17.9 Å². The molecule has 0 spiro atoms. The molecule has 3 N–H and O–H groups in total.